The summed E-state index contributed by atoms with van der Waals surface area (Å²) >= 11 is 1.24. The Labute approximate surface area is 212 Å². The van der Waals surface area contributed by atoms with Crippen LogP contribution in [0, 0.1) is 0 Å². The maximum absolute atomic E-state index is 13.4. The molecule has 0 aromatic heterocycles. The van der Waals surface area contributed by atoms with Crippen LogP contribution in [0.25, 0.3) is 6.08 Å². The zero-order valence-corrected chi connectivity index (χ0v) is 20.2. The molecule has 1 N–H and O–H groups in total. The van der Waals surface area contributed by atoms with E-state index in [1.54, 1.807) is 12.1 Å². The number of aliphatic imine (C=N–C) groups is 1. The number of amidine groups is 1. The van der Waals surface area contributed by atoms with Crippen molar-refractivity contribution in [3.05, 3.63) is 63.6 Å². The molecule has 2 aromatic carbocycles. The summed E-state index contributed by atoms with van der Waals surface area (Å²) < 4.78 is 89.7. The zero-order valence-electron chi connectivity index (χ0n) is 19.4. The molecule has 0 spiro atoms. The van der Waals surface area contributed by atoms with E-state index in [1.165, 1.54) is 31.0 Å². The van der Waals surface area contributed by atoms with E-state index in [0.29, 0.717) is 21.7 Å². The summed E-state index contributed by atoms with van der Waals surface area (Å²) in [6, 6.07) is 5.86. The Morgan fingerprint density at radius 1 is 1.05 bits per heavy atom. The number of rotatable bonds is 5. The minimum absolute atomic E-state index is 0.0710. The quantitative estimate of drug-likeness (QED) is 0.413. The van der Waals surface area contributed by atoms with E-state index in [0.717, 1.165) is 32.2 Å². The third-order valence-corrected chi connectivity index (χ3v) is 6.67. The second-order valence-electron chi connectivity index (χ2n) is 8.11. The summed E-state index contributed by atoms with van der Waals surface area (Å²) in [7, 11) is 1.38. The van der Waals surface area contributed by atoms with Gasteiger partial charge in [0.2, 0.25) is 0 Å². The van der Waals surface area contributed by atoms with Gasteiger partial charge in [-0.3, -0.25) is 4.79 Å². The van der Waals surface area contributed by atoms with Gasteiger partial charge in [-0.05, 0) is 42.1 Å². The van der Waals surface area contributed by atoms with Crippen LogP contribution in [0.1, 0.15) is 22.3 Å². The van der Waals surface area contributed by atoms with E-state index in [1.807, 2.05) is 4.90 Å². The van der Waals surface area contributed by atoms with Crippen LogP contribution < -0.4 is 14.8 Å². The normalized spacial score (nSPS) is 17.8. The van der Waals surface area contributed by atoms with E-state index in [4.69, 9.17) is 9.47 Å². The number of piperazine rings is 1. The van der Waals surface area contributed by atoms with Gasteiger partial charge in [-0.1, -0.05) is 6.07 Å². The van der Waals surface area contributed by atoms with Crippen molar-refractivity contribution in [3.8, 4) is 11.5 Å². The number of nitrogens with one attached hydrogen (secondary N) is 1. The smallest absolute Gasteiger partial charge is 0.416 e. The van der Waals surface area contributed by atoms with Crippen LogP contribution in [0.5, 0.6) is 11.5 Å². The van der Waals surface area contributed by atoms with Gasteiger partial charge >= 0.3 is 12.4 Å². The highest BCUT2D eigenvalue weighted by Gasteiger charge is 2.38. The molecule has 0 atom stereocenters. The molecule has 0 bridgehead atoms. The number of alkyl halides is 6. The Balaban J connectivity index is 1.50. The first-order chi connectivity index (χ1) is 17.5. The monoisotopic (exact) mass is 545 g/mol. The summed E-state index contributed by atoms with van der Waals surface area (Å²) in [6.45, 7) is 2.43. The van der Waals surface area contributed by atoms with Crippen LogP contribution in [-0.4, -0.2) is 49.3 Å². The summed E-state index contributed by atoms with van der Waals surface area (Å²) in [6.07, 6.45) is -8.30. The van der Waals surface area contributed by atoms with E-state index in [-0.39, 0.29) is 23.5 Å². The number of carbonyl (C=O) groups is 1. The highest BCUT2D eigenvalue weighted by molar-refractivity contribution is 8.18. The fourth-order valence-corrected chi connectivity index (χ4v) is 4.69. The lowest BCUT2D eigenvalue weighted by Gasteiger charge is -2.27. The number of hydrogen-bond donors (Lipinski definition) is 1. The largest absolute Gasteiger partial charge is 0.496 e. The fraction of sp³-hybridized carbons (Fsp3) is 0.333. The van der Waals surface area contributed by atoms with Gasteiger partial charge in [-0.15, -0.1) is 0 Å². The van der Waals surface area contributed by atoms with Gasteiger partial charge in [0.25, 0.3) is 5.91 Å². The topological polar surface area (TPSA) is 63.2 Å². The Morgan fingerprint density at radius 3 is 2.43 bits per heavy atom. The van der Waals surface area contributed by atoms with Crippen LogP contribution in [0.15, 0.2) is 46.3 Å². The summed E-state index contributed by atoms with van der Waals surface area (Å²) in [5, 5.41) is 3.84. The van der Waals surface area contributed by atoms with Crippen molar-refractivity contribution in [2.45, 2.75) is 19.0 Å². The summed E-state index contributed by atoms with van der Waals surface area (Å²) in [5.41, 5.74) is -2.75. The van der Waals surface area contributed by atoms with E-state index in [2.05, 4.69) is 10.3 Å². The second-order valence-corrected chi connectivity index (χ2v) is 9.12. The number of nitrogens with zero attached hydrogens (tertiary/aromatic N) is 2. The molecule has 6 nitrogen and oxygen atoms in total. The number of benzene rings is 2. The highest BCUT2D eigenvalue weighted by atomic mass is 32.2. The number of hydrogen-bond acceptors (Lipinski definition) is 6. The number of ether oxygens (including phenoxy) is 2. The summed E-state index contributed by atoms with van der Waals surface area (Å²) in [4.78, 5) is 18.9. The predicted molar refractivity (Wildman–Crippen MR) is 126 cm³/mol. The van der Waals surface area contributed by atoms with Crippen molar-refractivity contribution >= 4 is 28.9 Å². The Hall–Kier alpha value is -3.19. The molecule has 0 aliphatic carbocycles. The molecular weight excluding hydrogens is 524 g/mol. The predicted octanol–water partition coefficient (Wildman–Crippen LogP) is 5.19. The van der Waals surface area contributed by atoms with Gasteiger partial charge in [0.05, 0.1) is 23.1 Å². The van der Waals surface area contributed by atoms with Gasteiger partial charge in [-0.2, -0.15) is 31.3 Å². The van der Waals surface area contributed by atoms with E-state index >= 15 is 0 Å². The first-order valence-corrected chi connectivity index (χ1v) is 11.8. The van der Waals surface area contributed by atoms with Crippen LogP contribution in [0.2, 0.25) is 0 Å². The minimum Gasteiger partial charge on any atom is -0.496 e. The molecule has 1 fully saturated rings. The highest BCUT2D eigenvalue weighted by Crippen LogP contribution is 2.38. The Kier molecular flexibility index (Phi) is 7.74. The standard InChI is InChI=1S/C24H21F6N3O3S/c1-35-19-12-17(36-13-15-2-4-16(23(25,26)27)11-18(15)24(28,29)30)5-3-14(19)10-20-21(34)32-22(37-20)33-8-6-31-7-9-33/h2-5,10-12,31H,6-9,13H2,1H3. The maximum Gasteiger partial charge on any atom is 0.416 e. The average molecular weight is 546 g/mol. The van der Waals surface area contributed by atoms with Crippen LogP contribution in [-0.2, 0) is 23.8 Å². The van der Waals surface area contributed by atoms with Crippen LogP contribution in [0.3, 0.4) is 0 Å². The molecule has 2 aliphatic heterocycles. The van der Waals surface area contributed by atoms with Crippen molar-refractivity contribution in [1.82, 2.24) is 10.2 Å². The molecule has 37 heavy (non-hydrogen) atoms. The third-order valence-electron chi connectivity index (χ3n) is 5.63. The van der Waals surface area contributed by atoms with E-state index < -0.39 is 35.6 Å². The van der Waals surface area contributed by atoms with Gasteiger partial charge in [0.1, 0.15) is 18.1 Å². The molecule has 2 heterocycles. The molecule has 1 saturated heterocycles. The molecule has 13 heteroatoms. The number of amides is 1. The van der Waals surface area contributed by atoms with Crippen molar-refractivity contribution in [1.29, 1.82) is 0 Å². The molecular formula is C24H21F6N3O3S. The molecule has 2 aromatic rings. The van der Waals surface area contributed by atoms with Gasteiger partial charge in [0, 0.05) is 43.4 Å². The molecule has 4 rings (SSSR count). The molecule has 0 unspecified atom stereocenters. The van der Waals surface area contributed by atoms with E-state index in [9.17, 15) is 31.1 Å². The summed E-state index contributed by atoms with van der Waals surface area (Å²) in [5.74, 6) is 0.0376. The fourth-order valence-electron chi connectivity index (χ4n) is 3.73. The minimum atomic E-state index is -5.00. The number of methoxy groups -OCH3 is 1. The molecule has 0 saturated carbocycles. The first kappa shape index (κ1) is 26.9. The lowest BCUT2D eigenvalue weighted by Crippen LogP contribution is -2.45. The Morgan fingerprint density at radius 2 is 1.78 bits per heavy atom. The molecule has 198 valence electrons. The average Bonchev–Trinajstić information content (AvgIpc) is 3.22. The maximum atomic E-state index is 13.4. The number of thioether (sulfide) groups is 1. The van der Waals surface area contributed by atoms with Crippen molar-refractivity contribution in [3.63, 3.8) is 0 Å². The molecule has 0 radical (unpaired) electrons. The number of carbonyl (C=O) groups excluding carboxylic acids is 1. The lowest BCUT2D eigenvalue weighted by atomic mass is 10.0. The lowest BCUT2D eigenvalue weighted by molar-refractivity contribution is -0.143. The Bertz CT molecular complexity index is 1240. The van der Waals surface area contributed by atoms with Crippen LogP contribution >= 0.6 is 11.8 Å². The number of halogens is 6. The third kappa shape index (κ3) is 6.39. The van der Waals surface area contributed by atoms with Crippen LogP contribution in [0.4, 0.5) is 26.3 Å². The molecule has 1 amide bonds. The van der Waals surface area contributed by atoms with Gasteiger partial charge in [-0.25, -0.2) is 0 Å². The zero-order chi connectivity index (χ0) is 26.8. The van der Waals surface area contributed by atoms with Crippen molar-refractivity contribution < 1.29 is 40.6 Å². The van der Waals surface area contributed by atoms with Crippen molar-refractivity contribution in [2.24, 2.45) is 4.99 Å². The molecule has 2 aliphatic rings. The van der Waals surface area contributed by atoms with Gasteiger partial charge < -0.3 is 19.7 Å². The van der Waals surface area contributed by atoms with Gasteiger partial charge in [0.15, 0.2) is 5.17 Å². The SMILES string of the molecule is COc1cc(OCc2ccc(C(F)(F)F)cc2C(F)(F)F)ccc1C=C1SC(N2CCNCC2)=NC1=O. The second kappa shape index (κ2) is 10.7. The van der Waals surface area contributed by atoms with Crippen molar-refractivity contribution in [2.75, 3.05) is 33.3 Å². The first-order valence-electron chi connectivity index (χ1n) is 11.0.